The topological polar surface area (TPSA) is 155 Å². The van der Waals surface area contributed by atoms with Crippen LogP contribution < -0.4 is 15.8 Å². The number of carbonyl (C=O) groups is 1. The number of hydrogen-bond donors (Lipinski definition) is 4. The number of rotatable bonds is 5. The van der Waals surface area contributed by atoms with Crippen LogP contribution in [-0.2, 0) is 4.74 Å². The number of halogens is 1. The number of aromatic nitrogens is 4. The first-order chi connectivity index (χ1) is 14.9. The summed E-state index contributed by atoms with van der Waals surface area (Å²) in [4.78, 5) is 30.8. The zero-order valence-electron chi connectivity index (χ0n) is 16.9. The number of ether oxygens (including phenoxy) is 2. The van der Waals surface area contributed by atoms with Crippen molar-refractivity contribution in [3.05, 3.63) is 28.1 Å². The number of nitrogens with one attached hydrogen (secondary N) is 3. The van der Waals surface area contributed by atoms with Gasteiger partial charge in [-0.2, -0.15) is 4.98 Å². The van der Waals surface area contributed by atoms with E-state index in [0.29, 0.717) is 58.0 Å². The summed E-state index contributed by atoms with van der Waals surface area (Å²) in [7, 11) is 1.47. The van der Waals surface area contributed by atoms with Gasteiger partial charge in [0.1, 0.15) is 35.0 Å². The Kier molecular flexibility index (Phi) is 5.74. The minimum Gasteiger partial charge on any atom is -0.479 e. The average molecular weight is 489 g/mol. The molecule has 0 spiro atoms. The standard InChI is InChI=1S/C19H21BrN8O3/c1-9-7-31-4-3-28(9)19(29)14-13(20)12-16(23-8-24-17(12)26-14)25-11-5-10(6-21)15(22)27-18(11)30-2/h5-6,8-9,21H,3-4,7H2,1-2H3,(H2,22,27)(H2,23,24,25,26)/t9-/m1/s1. The molecule has 162 valence electrons. The molecule has 0 radical (unpaired) electrons. The highest BCUT2D eigenvalue weighted by Gasteiger charge is 2.29. The first kappa shape index (κ1) is 21.0. The third-order valence-electron chi connectivity index (χ3n) is 5.02. The summed E-state index contributed by atoms with van der Waals surface area (Å²) < 4.78 is 11.3. The molecule has 31 heavy (non-hydrogen) atoms. The van der Waals surface area contributed by atoms with Gasteiger partial charge < -0.3 is 35.8 Å². The number of nitrogen functional groups attached to an aromatic ring is 1. The van der Waals surface area contributed by atoms with Crippen LogP contribution in [0.4, 0.5) is 17.3 Å². The maximum atomic E-state index is 13.2. The van der Waals surface area contributed by atoms with Crippen LogP contribution in [0.1, 0.15) is 23.0 Å². The number of anilines is 3. The van der Waals surface area contributed by atoms with Crippen molar-refractivity contribution < 1.29 is 14.3 Å². The van der Waals surface area contributed by atoms with Crippen LogP contribution in [0.2, 0.25) is 0 Å². The first-order valence-corrected chi connectivity index (χ1v) is 10.3. The Morgan fingerprint density at radius 3 is 3.03 bits per heavy atom. The van der Waals surface area contributed by atoms with E-state index in [1.165, 1.54) is 13.4 Å². The molecular weight excluding hydrogens is 468 g/mol. The number of fused-ring (bicyclic) bond motifs is 1. The summed E-state index contributed by atoms with van der Waals surface area (Å²) in [6, 6.07) is 1.61. The monoisotopic (exact) mass is 488 g/mol. The molecule has 1 fully saturated rings. The molecule has 0 bridgehead atoms. The van der Waals surface area contributed by atoms with Gasteiger partial charge in [-0.1, -0.05) is 0 Å². The van der Waals surface area contributed by atoms with Crippen molar-refractivity contribution in [2.75, 3.05) is 37.9 Å². The third kappa shape index (κ3) is 3.79. The van der Waals surface area contributed by atoms with Gasteiger partial charge in [0.2, 0.25) is 5.88 Å². The van der Waals surface area contributed by atoms with Crippen LogP contribution in [0.5, 0.6) is 5.88 Å². The number of pyridine rings is 1. The number of hydrogen-bond acceptors (Lipinski definition) is 9. The lowest BCUT2D eigenvalue weighted by atomic mass is 10.2. The van der Waals surface area contributed by atoms with E-state index in [2.05, 4.69) is 41.2 Å². The zero-order valence-corrected chi connectivity index (χ0v) is 18.5. The van der Waals surface area contributed by atoms with Gasteiger partial charge in [-0.25, -0.2) is 9.97 Å². The fourth-order valence-electron chi connectivity index (χ4n) is 3.41. The lowest BCUT2D eigenvalue weighted by Gasteiger charge is -2.33. The largest absolute Gasteiger partial charge is 0.479 e. The number of nitrogens with two attached hydrogens (primary N) is 1. The molecule has 0 unspecified atom stereocenters. The summed E-state index contributed by atoms with van der Waals surface area (Å²) in [5.41, 5.74) is 7.62. The van der Waals surface area contributed by atoms with Crippen molar-refractivity contribution in [1.29, 1.82) is 5.41 Å². The zero-order chi connectivity index (χ0) is 22.1. The Morgan fingerprint density at radius 1 is 1.52 bits per heavy atom. The van der Waals surface area contributed by atoms with Gasteiger partial charge in [0.05, 0.1) is 36.2 Å². The maximum Gasteiger partial charge on any atom is 0.271 e. The van der Waals surface area contributed by atoms with Gasteiger partial charge in [0.25, 0.3) is 5.91 Å². The molecule has 3 aromatic heterocycles. The van der Waals surface area contributed by atoms with Crippen LogP contribution in [0.15, 0.2) is 16.9 Å². The molecule has 3 aromatic rings. The number of aromatic amines is 1. The molecule has 1 aliphatic rings. The van der Waals surface area contributed by atoms with Crippen LogP contribution in [0, 0.1) is 5.41 Å². The molecule has 0 saturated carbocycles. The number of carbonyl (C=O) groups excluding carboxylic acids is 1. The SMILES string of the molecule is COc1nc(N)c(C=N)cc1Nc1ncnc2[nH]c(C(=O)N3CCOC[C@H]3C)c(Br)c12. The molecule has 1 atom stereocenters. The van der Waals surface area contributed by atoms with E-state index in [1.54, 1.807) is 11.0 Å². The van der Waals surface area contributed by atoms with E-state index in [-0.39, 0.29) is 23.6 Å². The van der Waals surface area contributed by atoms with E-state index < -0.39 is 0 Å². The highest BCUT2D eigenvalue weighted by molar-refractivity contribution is 9.10. The van der Waals surface area contributed by atoms with Crippen LogP contribution in [0.25, 0.3) is 11.0 Å². The second-order valence-electron chi connectivity index (χ2n) is 6.97. The van der Waals surface area contributed by atoms with Gasteiger partial charge in [0, 0.05) is 18.3 Å². The fourth-order valence-corrected chi connectivity index (χ4v) is 4.06. The smallest absolute Gasteiger partial charge is 0.271 e. The lowest BCUT2D eigenvalue weighted by molar-refractivity contribution is 0.00327. The van der Waals surface area contributed by atoms with Crippen molar-refractivity contribution in [3.8, 4) is 5.88 Å². The number of morpholine rings is 1. The van der Waals surface area contributed by atoms with E-state index in [4.69, 9.17) is 20.6 Å². The van der Waals surface area contributed by atoms with Crippen LogP contribution >= 0.6 is 15.9 Å². The predicted octanol–water partition coefficient (Wildman–Crippen LogP) is 2.31. The fraction of sp³-hybridized carbons (Fsp3) is 0.316. The average Bonchev–Trinajstić information content (AvgIpc) is 3.12. The predicted molar refractivity (Wildman–Crippen MR) is 119 cm³/mol. The molecule has 1 amide bonds. The molecule has 1 saturated heterocycles. The van der Waals surface area contributed by atoms with Gasteiger partial charge in [0.15, 0.2) is 0 Å². The summed E-state index contributed by atoms with van der Waals surface area (Å²) in [5, 5.41) is 11.3. The second kappa shape index (κ2) is 8.47. The van der Waals surface area contributed by atoms with E-state index >= 15 is 0 Å². The van der Waals surface area contributed by atoms with Gasteiger partial charge in [-0.15, -0.1) is 0 Å². The minimum atomic E-state index is -0.149. The number of amides is 1. The summed E-state index contributed by atoms with van der Waals surface area (Å²) in [6.07, 6.45) is 2.49. The van der Waals surface area contributed by atoms with Crippen LogP contribution in [-0.4, -0.2) is 69.9 Å². The van der Waals surface area contributed by atoms with Gasteiger partial charge in [-0.05, 0) is 28.9 Å². The van der Waals surface area contributed by atoms with Crippen molar-refractivity contribution in [2.24, 2.45) is 0 Å². The second-order valence-corrected chi connectivity index (χ2v) is 7.76. The molecule has 0 aliphatic carbocycles. The maximum absolute atomic E-state index is 13.2. The van der Waals surface area contributed by atoms with Crippen molar-refractivity contribution in [1.82, 2.24) is 24.8 Å². The minimum absolute atomic E-state index is 0.0344. The Hall–Kier alpha value is -3.25. The Balaban J connectivity index is 1.76. The molecular formula is C19H21BrN8O3. The molecule has 4 heterocycles. The van der Waals surface area contributed by atoms with Gasteiger partial charge >= 0.3 is 0 Å². The van der Waals surface area contributed by atoms with Crippen molar-refractivity contribution in [3.63, 3.8) is 0 Å². The normalized spacial score (nSPS) is 16.4. The lowest BCUT2D eigenvalue weighted by Crippen LogP contribution is -2.47. The Labute approximate surface area is 186 Å². The number of nitrogens with zero attached hydrogens (tertiary/aromatic N) is 4. The first-order valence-electron chi connectivity index (χ1n) is 9.47. The highest BCUT2D eigenvalue weighted by Crippen LogP contribution is 2.36. The summed E-state index contributed by atoms with van der Waals surface area (Å²) in [5.74, 6) is 0.716. The number of H-pyrrole nitrogens is 1. The van der Waals surface area contributed by atoms with E-state index in [0.717, 1.165) is 6.21 Å². The molecule has 4 rings (SSSR count). The van der Waals surface area contributed by atoms with Gasteiger partial charge in [-0.3, -0.25) is 4.79 Å². The van der Waals surface area contributed by atoms with Crippen molar-refractivity contribution >= 4 is 56.4 Å². The van der Waals surface area contributed by atoms with Crippen LogP contribution in [0.3, 0.4) is 0 Å². The summed E-state index contributed by atoms with van der Waals surface area (Å²) >= 11 is 3.55. The quantitative estimate of drug-likeness (QED) is 0.398. The molecule has 1 aliphatic heterocycles. The van der Waals surface area contributed by atoms with E-state index in [1.807, 2.05) is 6.92 Å². The molecule has 11 nitrogen and oxygen atoms in total. The highest BCUT2D eigenvalue weighted by atomic mass is 79.9. The molecule has 5 N–H and O–H groups in total. The molecule has 12 heteroatoms. The molecule has 0 aromatic carbocycles. The summed E-state index contributed by atoms with van der Waals surface area (Å²) in [6.45, 7) is 3.45. The van der Waals surface area contributed by atoms with E-state index in [9.17, 15) is 4.79 Å². The third-order valence-corrected chi connectivity index (χ3v) is 5.81. The number of methoxy groups -OCH3 is 1. The Bertz CT molecular complexity index is 1160. The van der Waals surface area contributed by atoms with Crippen molar-refractivity contribution in [2.45, 2.75) is 13.0 Å². The Morgan fingerprint density at radius 2 is 2.32 bits per heavy atom.